The Morgan fingerprint density at radius 1 is 1.00 bits per heavy atom. The van der Waals surface area contributed by atoms with Gasteiger partial charge in [-0.15, -0.1) is 0 Å². The van der Waals surface area contributed by atoms with Crippen LogP contribution in [0.5, 0.6) is 5.88 Å². The van der Waals surface area contributed by atoms with Gasteiger partial charge in [-0.3, -0.25) is 0 Å². The molecule has 2 aromatic rings. The third kappa shape index (κ3) is 7.11. The molecule has 2 amide bonds. The molecule has 6 nitrogen and oxygen atoms in total. The van der Waals surface area contributed by atoms with Gasteiger partial charge in [-0.05, 0) is 37.5 Å². The molecule has 0 unspecified atom stereocenters. The first kappa shape index (κ1) is 19.7. The van der Waals surface area contributed by atoms with Crippen LogP contribution in [0.4, 0.5) is 4.79 Å². The molecule has 140 valence electrons. The highest BCUT2D eigenvalue weighted by atomic mass is 16.5. The standard InChI is InChI=1S/C20H27N3O3/c1-4-25-14-17-7-5-16(6-8-17)11-22-20(24)23-13-18-9-10-19(21-12-18)26-15(2)3/h5-10,12,15H,4,11,13-14H2,1-3H3,(H2,22,23,24). The van der Waals surface area contributed by atoms with Gasteiger partial charge in [-0.2, -0.15) is 0 Å². The van der Waals surface area contributed by atoms with Crippen molar-refractivity contribution in [3.05, 3.63) is 59.3 Å². The van der Waals surface area contributed by atoms with Crippen LogP contribution in [-0.2, 0) is 24.4 Å². The molecule has 1 heterocycles. The maximum absolute atomic E-state index is 11.9. The van der Waals surface area contributed by atoms with Gasteiger partial charge >= 0.3 is 6.03 Å². The fourth-order valence-electron chi connectivity index (χ4n) is 2.23. The topological polar surface area (TPSA) is 72.5 Å². The first-order chi connectivity index (χ1) is 12.6. The summed E-state index contributed by atoms with van der Waals surface area (Å²) >= 11 is 0. The number of carbonyl (C=O) groups is 1. The molecular formula is C20H27N3O3. The third-order valence-corrected chi connectivity index (χ3v) is 3.56. The number of urea groups is 1. The van der Waals surface area contributed by atoms with E-state index < -0.39 is 0 Å². The molecule has 0 aliphatic rings. The van der Waals surface area contributed by atoms with E-state index in [2.05, 4.69) is 15.6 Å². The number of nitrogens with one attached hydrogen (secondary N) is 2. The molecule has 0 saturated heterocycles. The highest BCUT2D eigenvalue weighted by molar-refractivity contribution is 5.73. The lowest BCUT2D eigenvalue weighted by atomic mass is 10.1. The molecule has 2 N–H and O–H groups in total. The molecule has 1 aromatic carbocycles. The van der Waals surface area contributed by atoms with Gasteiger partial charge in [0.05, 0.1) is 12.7 Å². The van der Waals surface area contributed by atoms with Crippen molar-refractivity contribution in [2.75, 3.05) is 6.61 Å². The number of aromatic nitrogens is 1. The van der Waals surface area contributed by atoms with E-state index in [0.717, 1.165) is 16.7 Å². The van der Waals surface area contributed by atoms with E-state index in [1.54, 1.807) is 12.3 Å². The summed E-state index contributed by atoms with van der Waals surface area (Å²) in [4.78, 5) is 16.1. The van der Waals surface area contributed by atoms with Crippen molar-refractivity contribution in [3.63, 3.8) is 0 Å². The Morgan fingerprint density at radius 2 is 1.62 bits per heavy atom. The number of hydrogen-bond donors (Lipinski definition) is 2. The minimum absolute atomic E-state index is 0.0884. The molecule has 0 bridgehead atoms. The first-order valence-electron chi connectivity index (χ1n) is 8.85. The fourth-order valence-corrected chi connectivity index (χ4v) is 2.23. The van der Waals surface area contributed by atoms with E-state index in [0.29, 0.717) is 32.2 Å². The van der Waals surface area contributed by atoms with Crippen LogP contribution in [0.1, 0.15) is 37.5 Å². The van der Waals surface area contributed by atoms with Gasteiger partial charge in [-0.25, -0.2) is 9.78 Å². The maximum atomic E-state index is 11.9. The van der Waals surface area contributed by atoms with Gasteiger partial charge in [0.2, 0.25) is 5.88 Å². The van der Waals surface area contributed by atoms with Gasteiger partial charge < -0.3 is 20.1 Å². The largest absolute Gasteiger partial charge is 0.475 e. The van der Waals surface area contributed by atoms with E-state index in [-0.39, 0.29) is 12.1 Å². The summed E-state index contributed by atoms with van der Waals surface area (Å²) in [6.45, 7) is 8.07. The average molecular weight is 357 g/mol. The molecule has 1 aromatic heterocycles. The van der Waals surface area contributed by atoms with E-state index in [9.17, 15) is 4.79 Å². The smallest absolute Gasteiger partial charge is 0.315 e. The normalized spacial score (nSPS) is 10.6. The Labute approximate surface area is 154 Å². The van der Waals surface area contributed by atoms with Crippen LogP contribution < -0.4 is 15.4 Å². The number of pyridine rings is 1. The summed E-state index contributed by atoms with van der Waals surface area (Å²) in [5, 5.41) is 5.66. The van der Waals surface area contributed by atoms with Gasteiger partial charge in [-0.1, -0.05) is 30.3 Å². The first-order valence-corrected chi connectivity index (χ1v) is 8.85. The van der Waals surface area contributed by atoms with Crippen LogP contribution >= 0.6 is 0 Å². The fraction of sp³-hybridized carbons (Fsp3) is 0.400. The van der Waals surface area contributed by atoms with Gasteiger partial charge in [0.25, 0.3) is 0 Å². The molecule has 0 radical (unpaired) electrons. The number of nitrogens with zero attached hydrogens (tertiary/aromatic N) is 1. The van der Waals surface area contributed by atoms with Crippen molar-refractivity contribution in [1.29, 1.82) is 0 Å². The number of amides is 2. The summed E-state index contributed by atoms with van der Waals surface area (Å²) in [5.74, 6) is 0.584. The van der Waals surface area contributed by atoms with Gasteiger partial charge in [0.15, 0.2) is 0 Å². The molecule has 0 aliphatic heterocycles. The van der Waals surface area contributed by atoms with E-state index >= 15 is 0 Å². The Kier molecular flexibility index (Phi) is 7.89. The van der Waals surface area contributed by atoms with E-state index in [1.165, 1.54) is 0 Å². The third-order valence-electron chi connectivity index (χ3n) is 3.56. The number of rotatable bonds is 9. The summed E-state index contributed by atoms with van der Waals surface area (Å²) < 4.78 is 10.9. The summed E-state index contributed by atoms with van der Waals surface area (Å²) in [5.41, 5.74) is 3.08. The summed E-state index contributed by atoms with van der Waals surface area (Å²) in [6.07, 6.45) is 1.79. The Balaban J connectivity index is 1.71. The van der Waals surface area contributed by atoms with Crippen molar-refractivity contribution in [1.82, 2.24) is 15.6 Å². The monoisotopic (exact) mass is 357 g/mol. The number of hydrogen-bond acceptors (Lipinski definition) is 4. The molecule has 6 heteroatoms. The summed E-state index contributed by atoms with van der Waals surface area (Å²) in [6, 6.07) is 11.5. The Morgan fingerprint density at radius 3 is 2.19 bits per heavy atom. The van der Waals surface area contributed by atoms with E-state index in [4.69, 9.17) is 9.47 Å². The van der Waals surface area contributed by atoms with Crippen LogP contribution in [0.3, 0.4) is 0 Å². The second-order valence-electron chi connectivity index (χ2n) is 6.16. The van der Waals surface area contributed by atoms with Gasteiger partial charge in [0, 0.05) is 32.0 Å². The molecule has 0 fully saturated rings. The Hall–Kier alpha value is -2.60. The summed E-state index contributed by atoms with van der Waals surface area (Å²) in [7, 11) is 0. The van der Waals surface area contributed by atoms with Crippen molar-refractivity contribution >= 4 is 6.03 Å². The van der Waals surface area contributed by atoms with Crippen molar-refractivity contribution < 1.29 is 14.3 Å². The van der Waals surface area contributed by atoms with Crippen LogP contribution in [0.25, 0.3) is 0 Å². The quantitative estimate of drug-likeness (QED) is 0.721. The minimum atomic E-state index is -0.217. The number of carbonyl (C=O) groups excluding carboxylic acids is 1. The molecular weight excluding hydrogens is 330 g/mol. The lowest BCUT2D eigenvalue weighted by Crippen LogP contribution is -2.34. The molecule has 0 spiro atoms. The highest BCUT2D eigenvalue weighted by Gasteiger charge is 2.03. The average Bonchev–Trinajstić information content (AvgIpc) is 2.64. The van der Waals surface area contributed by atoms with Crippen LogP contribution in [0.15, 0.2) is 42.6 Å². The zero-order valence-corrected chi connectivity index (χ0v) is 15.6. The second-order valence-corrected chi connectivity index (χ2v) is 6.16. The van der Waals surface area contributed by atoms with Crippen LogP contribution in [-0.4, -0.2) is 23.7 Å². The second kappa shape index (κ2) is 10.4. The zero-order valence-electron chi connectivity index (χ0n) is 15.6. The Bertz CT molecular complexity index is 670. The number of benzene rings is 1. The molecule has 0 aliphatic carbocycles. The van der Waals surface area contributed by atoms with Gasteiger partial charge in [0.1, 0.15) is 0 Å². The minimum Gasteiger partial charge on any atom is -0.475 e. The van der Waals surface area contributed by atoms with Crippen LogP contribution in [0, 0.1) is 0 Å². The van der Waals surface area contributed by atoms with Crippen molar-refractivity contribution in [3.8, 4) is 5.88 Å². The lowest BCUT2D eigenvalue weighted by Gasteiger charge is -2.10. The maximum Gasteiger partial charge on any atom is 0.315 e. The SMILES string of the molecule is CCOCc1ccc(CNC(=O)NCc2ccc(OC(C)C)nc2)cc1. The molecule has 0 atom stereocenters. The zero-order chi connectivity index (χ0) is 18.8. The highest BCUT2D eigenvalue weighted by Crippen LogP contribution is 2.09. The van der Waals surface area contributed by atoms with Crippen LogP contribution in [0.2, 0.25) is 0 Å². The lowest BCUT2D eigenvalue weighted by molar-refractivity contribution is 0.134. The molecule has 0 saturated carbocycles. The molecule has 2 rings (SSSR count). The van der Waals surface area contributed by atoms with Crippen molar-refractivity contribution in [2.24, 2.45) is 0 Å². The molecule has 26 heavy (non-hydrogen) atoms. The number of ether oxygens (including phenoxy) is 2. The van der Waals surface area contributed by atoms with Crippen molar-refractivity contribution in [2.45, 2.75) is 46.6 Å². The predicted molar refractivity (Wildman–Crippen MR) is 101 cm³/mol. The van der Waals surface area contributed by atoms with E-state index in [1.807, 2.05) is 51.1 Å². The predicted octanol–water partition coefficient (Wildman–Crippen LogP) is 3.40.